The van der Waals surface area contributed by atoms with Gasteiger partial charge in [0.15, 0.2) is 0 Å². The first kappa shape index (κ1) is 12.9. The van der Waals surface area contributed by atoms with E-state index in [1.54, 1.807) is 12.5 Å². The summed E-state index contributed by atoms with van der Waals surface area (Å²) < 4.78 is 5.84. The first-order valence-corrected chi connectivity index (χ1v) is 6.77. The van der Waals surface area contributed by atoms with Gasteiger partial charge in [0.2, 0.25) is 0 Å². The highest BCUT2D eigenvalue weighted by Crippen LogP contribution is 2.23. The molecule has 3 nitrogen and oxygen atoms in total. The second-order valence-electron chi connectivity index (χ2n) is 4.44. The molecule has 3 rings (SSSR count). The molecule has 0 aliphatic rings. The summed E-state index contributed by atoms with van der Waals surface area (Å²) in [7, 11) is 0. The van der Waals surface area contributed by atoms with Gasteiger partial charge >= 0.3 is 0 Å². The second kappa shape index (κ2) is 5.88. The van der Waals surface area contributed by atoms with E-state index in [-0.39, 0.29) is 0 Å². The Kier molecular flexibility index (Phi) is 3.79. The quantitative estimate of drug-likeness (QED) is 0.729. The van der Waals surface area contributed by atoms with E-state index in [2.05, 4.69) is 9.97 Å². The van der Waals surface area contributed by atoms with Crippen LogP contribution in [0.15, 0.2) is 55.0 Å². The molecule has 0 unspecified atom stereocenters. The number of ether oxygens (including phenoxy) is 1. The van der Waals surface area contributed by atoms with Gasteiger partial charge in [-0.25, -0.2) is 9.97 Å². The molecule has 0 N–H and O–H groups in total. The van der Waals surface area contributed by atoms with Crippen LogP contribution in [0, 0.1) is 0 Å². The third-order valence-corrected chi connectivity index (χ3v) is 3.32. The second-order valence-corrected chi connectivity index (χ2v) is 4.87. The Morgan fingerprint density at radius 3 is 2.75 bits per heavy atom. The summed E-state index contributed by atoms with van der Waals surface area (Å²) in [5.41, 5.74) is 2.09. The van der Waals surface area contributed by atoms with E-state index >= 15 is 0 Å². The van der Waals surface area contributed by atoms with Gasteiger partial charge in [-0.3, -0.25) is 0 Å². The van der Waals surface area contributed by atoms with Crippen molar-refractivity contribution in [2.45, 2.75) is 6.42 Å². The summed E-state index contributed by atoms with van der Waals surface area (Å²) in [5, 5.41) is 1.69. The Labute approximate surface area is 122 Å². The normalized spacial score (nSPS) is 10.7. The number of hydrogen-bond acceptors (Lipinski definition) is 3. The fraction of sp³-hybridized carbons (Fsp3) is 0.125. The summed E-state index contributed by atoms with van der Waals surface area (Å²) in [6, 6.07) is 13.6. The van der Waals surface area contributed by atoms with E-state index in [1.807, 2.05) is 42.5 Å². The summed E-state index contributed by atoms with van der Waals surface area (Å²) in [5.74, 6) is 0.817. The number of aromatic nitrogens is 2. The minimum atomic E-state index is 0.607. The number of rotatable bonds is 4. The number of fused-ring (bicyclic) bond motifs is 1. The number of hydrogen-bond donors (Lipinski definition) is 0. The van der Waals surface area contributed by atoms with Crippen LogP contribution in [0.1, 0.15) is 5.56 Å². The lowest BCUT2D eigenvalue weighted by atomic mass is 10.2. The van der Waals surface area contributed by atoms with Crippen LogP contribution in [-0.2, 0) is 6.42 Å². The van der Waals surface area contributed by atoms with E-state index < -0.39 is 0 Å². The lowest BCUT2D eigenvalue weighted by Gasteiger charge is -2.08. The van der Waals surface area contributed by atoms with E-state index in [1.165, 1.54) is 5.56 Å². The van der Waals surface area contributed by atoms with Crippen LogP contribution in [0.4, 0.5) is 0 Å². The monoisotopic (exact) mass is 284 g/mol. The lowest BCUT2D eigenvalue weighted by Crippen LogP contribution is -2.01. The molecule has 0 radical (unpaired) electrons. The molecule has 20 heavy (non-hydrogen) atoms. The van der Waals surface area contributed by atoms with E-state index in [0.717, 1.165) is 28.1 Å². The van der Waals surface area contributed by atoms with Crippen LogP contribution < -0.4 is 4.74 Å². The largest absolute Gasteiger partial charge is 0.492 e. The molecule has 1 aromatic heterocycles. The van der Waals surface area contributed by atoms with Crippen molar-refractivity contribution in [3.05, 3.63) is 65.6 Å². The van der Waals surface area contributed by atoms with Crippen LogP contribution in [0.3, 0.4) is 0 Å². The Bertz CT molecular complexity index is 708. The molecule has 0 atom stereocenters. The first-order valence-electron chi connectivity index (χ1n) is 6.39. The average molecular weight is 285 g/mol. The third-order valence-electron chi connectivity index (χ3n) is 3.07. The molecule has 3 aromatic rings. The van der Waals surface area contributed by atoms with Gasteiger partial charge in [0.05, 0.1) is 17.5 Å². The Balaban J connectivity index is 1.69. The topological polar surface area (TPSA) is 35.0 Å². The maximum atomic E-state index is 5.86. The van der Waals surface area contributed by atoms with E-state index in [0.29, 0.717) is 6.61 Å². The number of benzene rings is 2. The summed E-state index contributed by atoms with van der Waals surface area (Å²) >= 11 is 5.86. The standard InChI is InChI=1S/C16H13ClN2O/c17-13-6-4-12(5-7-13)8-9-20-16-3-1-2-15-14(16)10-18-11-19-15/h1-7,10-11H,8-9H2. The third kappa shape index (κ3) is 2.89. The van der Waals surface area contributed by atoms with Gasteiger partial charge in [0.1, 0.15) is 12.1 Å². The van der Waals surface area contributed by atoms with Crippen LogP contribution in [-0.4, -0.2) is 16.6 Å². The zero-order chi connectivity index (χ0) is 13.8. The van der Waals surface area contributed by atoms with Gasteiger partial charge < -0.3 is 4.74 Å². The van der Waals surface area contributed by atoms with Crippen molar-refractivity contribution < 1.29 is 4.74 Å². The highest BCUT2D eigenvalue weighted by Gasteiger charge is 2.02. The minimum absolute atomic E-state index is 0.607. The van der Waals surface area contributed by atoms with Gasteiger partial charge in [0, 0.05) is 17.6 Å². The van der Waals surface area contributed by atoms with Crippen LogP contribution in [0.5, 0.6) is 5.75 Å². The SMILES string of the molecule is Clc1ccc(CCOc2cccc3ncncc23)cc1. The van der Waals surface area contributed by atoms with Crippen molar-refractivity contribution in [2.24, 2.45) is 0 Å². The summed E-state index contributed by atoms with van der Waals surface area (Å²) in [4.78, 5) is 8.26. The lowest BCUT2D eigenvalue weighted by molar-refractivity contribution is 0.325. The van der Waals surface area contributed by atoms with Crippen molar-refractivity contribution in [2.75, 3.05) is 6.61 Å². The molecule has 100 valence electrons. The molecule has 4 heteroatoms. The van der Waals surface area contributed by atoms with Gasteiger partial charge in [-0.2, -0.15) is 0 Å². The van der Waals surface area contributed by atoms with Crippen LogP contribution in [0.2, 0.25) is 5.02 Å². The zero-order valence-electron chi connectivity index (χ0n) is 10.8. The van der Waals surface area contributed by atoms with Crippen molar-refractivity contribution in [1.82, 2.24) is 9.97 Å². The van der Waals surface area contributed by atoms with Gasteiger partial charge in [-0.05, 0) is 29.8 Å². The first-order chi connectivity index (χ1) is 9.83. The molecule has 0 aliphatic carbocycles. The predicted octanol–water partition coefficient (Wildman–Crippen LogP) is 3.90. The maximum Gasteiger partial charge on any atom is 0.130 e. The highest BCUT2D eigenvalue weighted by atomic mass is 35.5. The Morgan fingerprint density at radius 2 is 1.90 bits per heavy atom. The zero-order valence-corrected chi connectivity index (χ0v) is 11.5. The molecular formula is C16H13ClN2O. The summed E-state index contributed by atoms with van der Waals surface area (Å²) in [6.07, 6.45) is 4.15. The van der Waals surface area contributed by atoms with Gasteiger partial charge in [-0.1, -0.05) is 29.8 Å². The smallest absolute Gasteiger partial charge is 0.130 e. The highest BCUT2D eigenvalue weighted by molar-refractivity contribution is 6.30. The molecule has 0 spiro atoms. The van der Waals surface area contributed by atoms with Gasteiger partial charge in [0.25, 0.3) is 0 Å². The summed E-state index contributed by atoms with van der Waals surface area (Å²) in [6.45, 7) is 0.607. The average Bonchev–Trinajstić information content (AvgIpc) is 2.49. The predicted molar refractivity (Wildman–Crippen MR) is 80.2 cm³/mol. The minimum Gasteiger partial charge on any atom is -0.492 e. The van der Waals surface area contributed by atoms with Gasteiger partial charge in [-0.15, -0.1) is 0 Å². The fourth-order valence-electron chi connectivity index (χ4n) is 2.03. The fourth-order valence-corrected chi connectivity index (χ4v) is 2.16. The molecule has 0 saturated heterocycles. The van der Waals surface area contributed by atoms with Crippen molar-refractivity contribution in [3.63, 3.8) is 0 Å². The van der Waals surface area contributed by atoms with Crippen LogP contribution >= 0.6 is 11.6 Å². The molecular weight excluding hydrogens is 272 g/mol. The number of halogens is 1. The van der Waals surface area contributed by atoms with E-state index in [4.69, 9.17) is 16.3 Å². The number of nitrogens with zero attached hydrogens (tertiary/aromatic N) is 2. The van der Waals surface area contributed by atoms with Crippen molar-refractivity contribution in [3.8, 4) is 5.75 Å². The Morgan fingerprint density at radius 1 is 1.05 bits per heavy atom. The molecule has 0 amide bonds. The molecule has 0 aliphatic heterocycles. The molecule has 0 saturated carbocycles. The molecule has 2 aromatic carbocycles. The maximum absolute atomic E-state index is 5.86. The Hall–Kier alpha value is -2.13. The molecule has 0 fully saturated rings. The van der Waals surface area contributed by atoms with Crippen molar-refractivity contribution >= 4 is 22.5 Å². The van der Waals surface area contributed by atoms with E-state index in [9.17, 15) is 0 Å². The van der Waals surface area contributed by atoms with Crippen LogP contribution in [0.25, 0.3) is 10.9 Å². The molecule has 1 heterocycles. The molecule has 0 bridgehead atoms. The van der Waals surface area contributed by atoms with Crippen molar-refractivity contribution in [1.29, 1.82) is 0 Å².